The van der Waals surface area contributed by atoms with Gasteiger partial charge in [-0.3, -0.25) is 4.79 Å². The number of amides is 3. The molecule has 1 aliphatic heterocycles. The molecule has 4 rings (SSSR count). The van der Waals surface area contributed by atoms with E-state index in [1.54, 1.807) is 0 Å². The lowest BCUT2D eigenvalue weighted by Gasteiger charge is -2.11. The van der Waals surface area contributed by atoms with E-state index in [2.05, 4.69) is 31.9 Å². The fourth-order valence-electron chi connectivity index (χ4n) is 3.10. The van der Waals surface area contributed by atoms with E-state index in [0.717, 1.165) is 26.7 Å². The maximum absolute atomic E-state index is 12.2. The number of hydrogen-bond donors (Lipinski definition) is 3. The van der Waals surface area contributed by atoms with Gasteiger partial charge in [-0.1, -0.05) is 36.4 Å². The lowest BCUT2D eigenvalue weighted by atomic mass is 9.97. The summed E-state index contributed by atoms with van der Waals surface area (Å²) in [6, 6.07) is 20.4. The summed E-state index contributed by atoms with van der Waals surface area (Å²) < 4.78 is 0.816. The van der Waals surface area contributed by atoms with Crippen molar-refractivity contribution < 1.29 is 9.59 Å². The molecule has 134 valence electrons. The lowest BCUT2D eigenvalue weighted by molar-refractivity contribution is 0.0965. The molecule has 5 nitrogen and oxygen atoms in total. The van der Waals surface area contributed by atoms with Crippen LogP contribution in [0.5, 0.6) is 0 Å². The molecule has 0 spiro atoms. The highest BCUT2D eigenvalue weighted by Crippen LogP contribution is 2.30. The summed E-state index contributed by atoms with van der Waals surface area (Å²) in [6.07, 6.45) is 0. The number of halogens is 1. The largest absolute Gasteiger partial charge is 0.348 e. The van der Waals surface area contributed by atoms with Crippen LogP contribution in [0.2, 0.25) is 0 Å². The van der Waals surface area contributed by atoms with Gasteiger partial charge in [0, 0.05) is 22.3 Å². The fraction of sp³-hybridized carbons (Fsp3) is 0.0476. The number of para-hydroxylation sites is 1. The van der Waals surface area contributed by atoms with E-state index >= 15 is 0 Å². The highest BCUT2D eigenvalue weighted by Gasteiger charge is 2.21. The van der Waals surface area contributed by atoms with E-state index in [1.165, 1.54) is 0 Å². The number of carbonyl (C=O) groups is 2. The molecule has 0 atom stereocenters. The topological polar surface area (TPSA) is 70.2 Å². The number of rotatable bonds is 3. The number of benzene rings is 3. The number of anilines is 2. The Kier molecular flexibility index (Phi) is 4.64. The van der Waals surface area contributed by atoms with Gasteiger partial charge >= 0.3 is 6.03 Å². The number of carbonyl (C=O) groups excluding carboxylic acids is 2. The van der Waals surface area contributed by atoms with Gasteiger partial charge in [-0.15, -0.1) is 0 Å². The van der Waals surface area contributed by atoms with Crippen LogP contribution in [-0.4, -0.2) is 11.9 Å². The average molecular weight is 422 g/mol. The zero-order chi connectivity index (χ0) is 18.8. The van der Waals surface area contributed by atoms with Crippen molar-refractivity contribution in [3.63, 3.8) is 0 Å². The Balaban J connectivity index is 1.49. The number of nitrogens with one attached hydrogen (secondary N) is 3. The Bertz CT molecular complexity index is 1030. The fourth-order valence-corrected chi connectivity index (χ4v) is 3.49. The van der Waals surface area contributed by atoms with Crippen LogP contribution in [0.4, 0.5) is 16.2 Å². The van der Waals surface area contributed by atoms with Crippen molar-refractivity contribution in [1.82, 2.24) is 5.32 Å². The number of hydrogen-bond acceptors (Lipinski definition) is 2. The van der Waals surface area contributed by atoms with Gasteiger partial charge in [0.05, 0.1) is 5.69 Å². The minimum Gasteiger partial charge on any atom is -0.348 e. The summed E-state index contributed by atoms with van der Waals surface area (Å²) in [6.45, 7) is 0.540. The molecule has 3 aromatic carbocycles. The van der Waals surface area contributed by atoms with Crippen LogP contribution in [0.15, 0.2) is 71.2 Å². The van der Waals surface area contributed by atoms with Gasteiger partial charge in [0.15, 0.2) is 0 Å². The monoisotopic (exact) mass is 421 g/mol. The molecule has 0 fully saturated rings. The second kappa shape index (κ2) is 7.25. The Morgan fingerprint density at radius 1 is 0.889 bits per heavy atom. The molecule has 0 saturated carbocycles. The van der Waals surface area contributed by atoms with Crippen molar-refractivity contribution in [1.29, 1.82) is 0 Å². The summed E-state index contributed by atoms with van der Waals surface area (Å²) in [4.78, 5) is 24.0. The second-order valence-electron chi connectivity index (χ2n) is 6.15. The van der Waals surface area contributed by atoms with Crippen LogP contribution < -0.4 is 16.0 Å². The molecule has 0 unspecified atom stereocenters. The molecule has 6 heteroatoms. The molecule has 1 heterocycles. The predicted octanol–water partition coefficient (Wildman–Crippen LogP) is 5.00. The van der Waals surface area contributed by atoms with Crippen molar-refractivity contribution in [3.05, 3.63) is 82.3 Å². The highest BCUT2D eigenvalue weighted by molar-refractivity contribution is 9.10. The van der Waals surface area contributed by atoms with Crippen LogP contribution in [0.3, 0.4) is 0 Å². The van der Waals surface area contributed by atoms with Crippen molar-refractivity contribution in [2.75, 3.05) is 10.6 Å². The average Bonchev–Trinajstić information content (AvgIpc) is 3.06. The van der Waals surface area contributed by atoms with Crippen molar-refractivity contribution in [3.8, 4) is 11.1 Å². The Hall–Kier alpha value is -3.12. The summed E-state index contributed by atoms with van der Waals surface area (Å²) in [5.41, 5.74) is 5.14. The van der Waals surface area contributed by atoms with Gasteiger partial charge in [-0.2, -0.15) is 0 Å². The Morgan fingerprint density at radius 3 is 2.41 bits per heavy atom. The summed E-state index contributed by atoms with van der Waals surface area (Å²) in [5.74, 6) is -0.0334. The first-order valence-corrected chi connectivity index (χ1v) is 9.24. The molecular formula is C21H16BrN3O2. The second-order valence-corrected chi connectivity index (χ2v) is 7.01. The zero-order valence-electron chi connectivity index (χ0n) is 14.3. The maximum Gasteiger partial charge on any atom is 0.323 e. The van der Waals surface area contributed by atoms with Gasteiger partial charge in [-0.25, -0.2) is 4.79 Å². The quantitative estimate of drug-likeness (QED) is 0.556. The smallest absolute Gasteiger partial charge is 0.323 e. The van der Waals surface area contributed by atoms with Crippen molar-refractivity contribution in [2.24, 2.45) is 0 Å². The molecule has 0 bridgehead atoms. The molecule has 0 aromatic heterocycles. The minimum absolute atomic E-state index is 0.0334. The summed E-state index contributed by atoms with van der Waals surface area (Å²) in [5, 5.41) is 8.47. The Labute approximate surface area is 164 Å². The molecule has 27 heavy (non-hydrogen) atoms. The lowest BCUT2D eigenvalue weighted by Crippen LogP contribution is -2.19. The highest BCUT2D eigenvalue weighted by atomic mass is 79.9. The normalized spacial score (nSPS) is 12.3. The maximum atomic E-state index is 12.2. The third-order valence-electron chi connectivity index (χ3n) is 4.42. The first-order valence-electron chi connectivity index (χ1n) is 8.45. The molecule has 3 aromatic rings. The Morgan fingerprint density at radius 2 is 1.63 bits per heavy atom. The van der Waals surface area contributed by atoms with E-state index in [4.69, 9.17) is 0 Å². The molecular weight excluding hydrogens is 406 g/mol. The van der Waals surface area contributed by atoms with Crippen LogP contribution in [0.1, 0.15) is 15.9 Å². The van der Waals surface area contributed by atoms with Crippen LogP contribution in [0.25, 0.3) is 11.1 Å². The number of fused-ring (bicyclic) bond motifs is 1. The summed E-state index contributed by atoms with van der Waals surface area (Å²) >= 11 is 3.40. The van der Waals surface area contributed by atoms with Crippen LogP contribution >= 0.6 is 15.9 Å². The molecule has 0 aliphatic carbocycles. The van der Waals surface area contributed by atoms with Gasteiger partial charge in [0.2, 0.25) is 0 Å². The SMILES string of the molecule is O=C(Nc1ccc(-c2cccc3c2CNC3=O)cc1)Nc1ccccc1Br. The third kappa shape index (κ3) is 3.57. The first kappa shape index (κ1) is 17.3. The molecule has 3 amide bonds. The van der Waals surface area contributed by atoms with E-state index < -0.39 is 0 Å². The van der Waals surface area contributed by atoms with Gasteiger partial charge in [0.25, 0.3) is 5.91 Å². The summed E-state index contributed by atoms with van der Waals surface area (Å²) in [7, 11) is 0. The third-order valence-corrected chi connectivity index (χ3v) is 5.11. The van der Waals surface area contributed by atoms with E-state index in [1.807, 2.05) is 66.7 Å². The van der Waals surface area contributed by atoms with Gasteiger partial charge in [0.1, 0.15) is 0 Å². The van der Waals surface area contributed by atoms with Crippen LogP contribution in [-0.2, 0) is 6.54 Å². The predicted molar refractivity (Wildman–Crippen MR) is 110 cm³/mol. The standard InChI is InChI=1S/C21H16BrN3O2/c22-18-6-1-2-7-19(18)25-21(27)24-14-10-8-13(9-11-14)15-4-3-5-16-17(15)12-23-20(16)26/h1-11H,12H2,(H,23,26)(H2,24,25,27). The zero-order valence-corrected chi connectivity index (χ0v) is 15.8. The minimum atomic E-state index is -0.315. The van der Waals surface area contributed by atoms with Gasteiger partial charge < -0.3 is 16.0 Å². The molecule has 1 aliphatic rings. The first-order chi connectivity index (χ1) is 13.1. The molecule has 0 radical (unpaired) electrons. The van der Waals surface area contributed by atoms with Crippen LogP contribution in [0, 0.1) is 0 Å². The van der Waals surface area contributed by atoms with Gasteiger partial charge in [-0.05, 0) is 63.0 Å². The molecule has 3 N–H and O–H groups in total. The number of urea groups is 1. The van der Waals surface area contributed by atoms with E-state index in [9.17, 15) is 9.59 Å². The van der Waals surface area contributed by atoms with E-state index in [0.29, 0.717) is 17.9 Å². The van der Waals surface area contributed by atoms with Crippen molar-refractivity contribution in [2.45, 2.75) is 6.54 Å². The van der Waals surface area contributed by atoms with E-state index in [-0.39, 0.29) is 11.9 Å². The van der Waals surface area contributed by atoms with Crippen molar-refractivity contribution >= 4 is 39.2 Å². The molecule has 0 saturated heterocycles.